The number of halogens is 5. The van der Waals surface area contributed by atoms with Crippen molar-refractivity contribution in [2.45, 2.75) is 18.5 Å². The van der Waals surface area contributed by atoms with Gasteiger partial charge in [0.25, 0.3) is 0 Å². The standard InChI is InChI=1S/C16H9Br2F3O5S/c17-12-9-6-10(22)11(9)14(26-27(23,24)16(19,20)21)13(18)15(12)25-7-8-4-2-1-3-5-8/h1-5H,6-7H2. The first-order valence-electron chi connectivity index (χ1n) is 7.27. The number of fused-ring (bicyclic) bond motifs is 1. The zero-order valence-electron chi connectivity index (χ0n) is 13.1. The van der Waals surface area contributed by atoms with Crippen LogP contribution in [0.3, 0.4) is 0 Å². The Hall–Kier alpha value is -1.59. The second kappa shape index (κ2) is 7.10. The largest absolute Gasteiger partial charge is 0.534 e. The summed E-state index contributed by atoms with van der Waals surface area (Å²) in [6.07, 6.45) is -0.0761. The van der Waals surface area contributed by atoms with Crippen molar-refractivity contribution in [1.29, 1.82) is 0 Å². The van der Waals surface area contributed by atoms with Gasteiger partial charge >= 0.3 is 15.6 Å². The van der Waals surface area contributed by atoms with Gasteiger partial charge in [-0.15, -0.1) is 0 Å². The lowest BCUT2D eigenvalue weighted by Gasteiger charge is -2.26. The lowest BCUT2D eigenvalue weighted by molar-refractivity contribution is -0.0500. The van der Waals surface area contributed by atoms with E-state index in [9.17, 15) is 26.4 Å². The Kier molecular flexibility index (Phi) is 5.30. The molecule has 0 spiro atoms. The maximum absolute atomic E-state index is 12.7. The van der Waals surface area contributed by atoms with E-state index in [0.29, 0.717) is 10.0 Å². The molecule has 0 atom stereocenters. The second-order valence-electron chi connectivity index (χ2n) is 5.50. The minimum atomic E-state index is -5.95. The highest BCUT2D eigenvalue weighted by Gasteiger charge is 2.50. The number of benzene rings is 2. The van der Waals surface area contributed by atoms with Crippen LogP contribution in [0.4, 0.5) is 13.2 Å². The second-order valence-corrected chi connectivity index (χ2v) is 8.62. The first-order valence-corrected chi connectivity index (χ1v) is 10.3. The van der Waals surface area contributed by atoms with E-state index < -0.39 is 27.2 Å². The minimum Gasteiger partial charge on any atom is -0.486 e. The van der Waals surface area contributed by atoms with Crippen LogP contribution in [0.1, 0.15) is 21.5 Å². The van der Waals surface area contributed by atoms with Crippen molar-refractivity contribution in [3.8, 4) is 11.5 Å². The molecule has 1 aliphatic carbocycles. The molecule has 0 aliphatic heterocycles. The third kappa shape index (κ3) is 3.72. The van der Waals surface area contributed by atoms with Gasteiger partial charge in [0.2, 0.25) is 0 Å². The van der Waals surface area contributed by atoms with Gasteiger partial charge in [-0.3, -0.25) is 4.79 Å². The van der Waals surface area contributed by atoms with Gasteiger partial charge in [0.05, 0.1) is 10.0 Å². The van der Waals surface area contributed by atoms with Crippen LogP contribution in [0.15, 0.2) is 39.3 Å². The Morgan fingerprint density at radius 1 is 1.04 bits per heavy atom. The number of alkyl halides is 3. The van der Waals surface area contributed by atoms with Crippen molar-refractivity contribution >= 4 is 47.8 Å². The van der Waals surface area contributed by atoms with Gasteiger partial charge < -0.3 is 8.92 Å². The van der Waals surface area contributed by atoms with Crippen molar-refractivity contribution in [3.05, 3.63) is 56.0 Å². The first kappa shape index (κ1) is 20.2. The molecule has 0 aromatic heterocycles. The van der Waals surface area contributed by atoms with E-state index in [0.717, 1.165) is 5.56 Å². The summed E-state index contributed by atoms with van der Waals surface area (Å²) < 4.78 is 70.9. The fraction of sp³-hybridized carbons (Fsp3) is 0.188. The summed E-state index contributed by atoms with van der Waals surface area (Å²) in [5, 5.41) is 0. The van der Waals surface area contributed by atoms with Crippen LogP contribution in [0.25, 0.3) is 0 Å². The van der Waals surface area contributed by atoms with Crippen molar-refractivity contribution in [3.63, 3.8) is 0 Å². The number of hydrogen-bond donors (Lipinski definition) is 0. The first-order chi connectivity index (χ1) is 12.5. The fourth-order valence-corrected chi connectivity index (χ4v) is 4.48. The monoisotopic (exact) mass is 528 g/mol. The van der Waals surface area contributed by atoms with E-state index in [1.54, 1.807) is 30.3 Å². The third-order valence-electron chi connectivity index (χ3n) is 3.71. The summed E-state index contributed by atoms with van der Waals surface area (Å²) in [7, 11) is -5.95. The molecule has 0 saturated carbocycles. The third-order valence-corrected chi connectivity index (χ3v) is 6.22. The van der Waals surface area contributed by atoms with Crippen LogP contribution in [0.5, 0.6) is 11.5 Å². The summed E-state index contributed by atoms with van der Waals surface area (Å²) in [4.78, 5) is 11.8. The van der Waals surface area contributed by atoms with Crippen LogP contribution < -0.4 is 8.92 Å². The fourth-order valence-electron chi connectivity index (χ4n) is 2.39. The number of Topliss-reactive ketones (excluding diaryl/α,β-unsaturated/α-hetero) is 1. The van der Waals surface area contributed by atoms with Crippen molar-refractivity contribution in [2.24, 2.45) is 0 Å². The Labute approximate surface area is 168 Å². The number of ether oxygens (including phenoxy) is 1. The molecule has 0 fully saturated rings. The molecule has 0 unspecified atom stereocenters. The van der Waals surface area contributed by atoms with E-state index in [-0.39, 0.29) is 28.8 Å². The molecule has 0 saturated heterocycles. The highest BCUT2D eigenvalue weighted by atomic mass is 79.9. The van der Waals surface area contributed by atoms with E-state index in [1.165, 1.54) is 0 Å². The van der Waals surface area contributed by atoms with Gasteiger partial charge in [-0.25, -0.2) is 0 Å². The van der Waals surface area contributed by atoms with Gasteiger partial charge in [0.15, 0.2) is 17.3 Å². The Balaban J connectivity index is 2.04. The number of ketones is 1. The van der Waals surface area contributed by atoms with E-state index in [2.05, 4.69) is 36.0 Å². The van der Waals surface area contributed by atoms with Crippen LogP contribution in [0, 0.1) is 0 Å². The summed E-state index contributed by atoms with van der Waals surface area (Å²) in [5.74, 6) is -1.23. The van der Waals surface area contributed by atoms with Gasteiger partial charge in [-0.2, -0.15) is 21.6 Å². The molecule has 2 aromatic carbocycles. The molecule has 1 aliphatic rings. The molecule has 144 valence electrons. The lowest BCUT2D eigenvalue weighted by Crippen LogP contribution is -2.30. The average molecular weight is 530 g/mol. The molecule has 2 aromatic rings. The molecule has 0 heterocycles. The molecule has 3 rings (SSSR count). The SMILES string of the molecule is O=C1Cc2c(Br)c(OCc3ccccc3)c(Br)c(OS(=O)(=O)C(F)(F)F)c21. The predicted molar refractivity (Wildman–Crippen MR) is 96.3 cm³/mol. The summed E-state index contributed by atoms with van der Waals surface area (Å²) in [6, 6.07) is 8.92. The van der Waals surface area contributed by atoms with E-state index >= 15 is 0 Å². The quantitative estimate of drug-likeness (QED) is 0.412. The highest BCUT2D eigenvalue weighted by Crippen LogP contribution is 2.51. The summed E-state index contributed by atoms with van der Waals surface area (Å²) >= 11 is 6.26. The number of carbonyl (C=O) groups excluding carboxylic acids is 1. The Morgan fingerprint density at radius 3 is 2.22 bits per heavy atom. The van der Waals surface area contributed by atoms with Crippen LogP contribution >= 0.6 is 31.9 Å². The minimum absolute atomic E-state index is 0.0393. The smallest absolute Gasteiger partial charge is 0.486 e. The summed E-state index contributed by atoms with van der Waals surface area (Å²) in [6.45, 7) is 0.0657. The topological polar surface area (TPSA) is 69.7 Å². The van der Waals surface area contributed by atoms with Gasteiger partial charge in [-0.05, 0) is 43.0 Å². The van der Waals surface area contributed by atoms with Crippen LogP contribution in [-0.2, 0) is 23.1 Å². The molecule has 0 amide bonds. The van der Waals surface area contributed by atoms with Crippen molar-refractivity contribution < 1.29 is 35.3 Å². The number of rotatable bonds is 5. The Morgan fingerprint density at radius 2 is 1.67 bits per heavy atom. The maximum Gasteiger partial charge on any atom is 0.534 e. The van der Waals surface area contributed by atoms with Crippen LogP contribution in [-0.4, -0.2) is 19.7 Å². The van der Waals surface area contributed by atoms with E-state index in [1.807, 2.05) is 0 Å². The molecular weight excluding hydrogens is 521 g/mol. The van der Waals surface area contributed by atoms with Gasteiger partial charge in [0, 0.05) is 6.42 Å². The van der Waals surface area contributed by atoms with Crippen LogP contribution in [0.2, 0.25) is 0 Å². The Bertz CT molecular complexity index is 1020. The number of carbonyl (C=O) groups is 1. The molecule has 5 nitrogen and oxygen atoms in total. The molecule has 0 bridgehead atoms. The van der Waals surface area contributed by atoms with E-state index in [4.69, 9.17) is 4.74 Å². The van der Waals surface area contributed by atoms with Gasteiger partial charge in [0.1, 0.15) is 11.1 Å². The molecule has 0 radical (unpaired) electrons. The number of hydrogen-bond acceptors (Lipinski definition) is 5. The van der Waals surface area contributed by atoms with Crippen molar-refractivity contribution in [1.82, 2.24) is 0 Å². The maximum atomic E-state index is 12.7. The lowest BCUT2D eigenvalue weighted by atomic mass is 9.86. The highest BCUT2D eigenvalue weighted by molar-refractivity contribution is 9.11. The zero-order chi connectivity index (χ0) is 20.0. The molecular formula is C16H9Br2F3O5S. The zero-order valence-corrected chi connectivity index (χ0v) is 17.1. The summed E-state index contributed by atoms with van der Waals surface area (Å²) in [5.41, 5.74) is -4.77. The molecule has 0 N–H and O–H groups in total. The van der Waals surface area contributed by atoms with Gasteiger partial charge in [-0.1, -0.05) is 30.3 Å². The van der Waals surface area contributed by atoms with Crippen molar-refractivity contribution in [2.75, 3.05) is 0 Å². The average Bonchev–Trinajstić information content (AvgIpc) is 2.57. The molecule has 11 heteroatoms. The normalized spacial score (nSPS) is 13.7. The predicted octanol–water partition coefficient (Wildman–Crippen LogP) is 4.76. The molecule has 27 heavy (non-hydrogen) atoms.